The first kappa shape index (κ1) is 19.0. The van der Waals surface area contributed by atoms with Crippen molar-refractivity contribution in [3.63, 3.8) is 0 Å². The number of hydrogen-bond acceptors (Lipinski definition) is 5. The number of aromatic nitrogens is 4. The van der Waals surface area contributed by atoms with Gasteiger partial charge in [0.25, 0.3) is 5.95 Å². The van der Waals surface area contributed by atoms with Gasteiger partial charge in [-0.1, -0.05) is 12.8 Å². The molecule has 2 heterocycles. The molecule has 1 fully saturated rings. The fourth-order valence-electron chi connectivity index (χ4n) is 3.24. The van der Waals surface area contributed by atoms with Crippen LogP contribution in [0.25, 0.3) is 5.95 Å². The molecule has 1 amide bonds. The van der Waals surface area contributed by atoms with Gasteiger partial charge in [0, 0.05) is 22.6 Å². The van der Waals surface area contributed by atoms with Crippen molar-refractivity contribution >= 4 is 11.9 Å². The van der Waals surface area contributed by atoms with Gasteiger partial charge in [-0.25, -0.2) is 19.4 Å². The highest BCUT2D eigenvalue weighted by Crippen LogP contribution is 2.33. The summed E-state index contributed by atoms with van der Waals surface area (Å²) < 4.78 is 1.64. The van der Waals surface area contributed by atoms with Gasteiger partial charge < -0.3 is 10.4 Å². The van der Waals surface area contributed by atoms with Gasteiger partial charge in [-0.05, 0) is 46.1 Å². The Kier molecular flexibility index (Phi) is 5.25. The van der Waals surface area contributed by atoms with E-state index in [1.165, 1.54) is 0 Å². The number of amides is 1. The van der Waals surface area contributed by atoms with E-state index in [1.54, 1.807) is 4.68 Å². The van der Waals surface area contributed by atoms with Crippen LogP contribution in [0.3, 0.4) is 0 Å². The number of aryl methyl sites for hydroxylation is 3. The van der Waals surface area contributed by atoms with Crippen molar-refractivity contribution in [2.45, 2.75) is 59.4 Å². The Balaban J connectivity index is 1.77. The van der Waals surface area contributed by atoms with Crippen LogP contribution in [0.2, 0.25) is 0 Å². The van der Waals surface area contributed by atoms with Crippen molar-refractivity contribution in [3.05, 3.63) is 34.4 Å². The Morgan fingerprint density at radius 3 is 2.41 bits per heavy atom. The average molecular weight is 371 g/mol. The third kappa shape index (κ3) is 4.50. The topological polar surface area (TPSA) is 110 Å². The van der Waals surface area contributed by atoms with Crippen molar-refractivity contribution in [2.75, 3.05) is 0 Å². The predicted molar refractivity (Wildman–Crippen MR) is 98.7 cm³/mol. The smallest absolute Gasteiger partial charge is 0.326 e. The zero-order valence-electron chi connectivity index (χ0n) is 16.1. The molecular formula is C19H25N5O3. The quantitative estimate of drug-likeness (QED) is 0.768. The highest BCUT2D eigenvalue weighted by molar-refractivity contribution is 5.85. The minimum Gasteiger partial charge on any atom is -0.480 e. The van der Waals surface area contributed by atoms with Crippen LogP contribution in [0.5, 0.6) is 0 Å². The largest absolute Gasteiger partial charge is 0.480 e. The van der Waals surface area contributed by atoms with Crippen LogP contribution in [0.4, 0.5) is 0 Å². The second kappa shape index (κ2) is 7.46. The number of nitrogens with zero attached hydrogens (tertiary/aromatic N) is 4. The number of carboxylic acids is 1. The number of aliphatic carboxylic acids is 1. The zero-order chi connectivity index (χ0) is 19.7. The maximum atomic E-state index is 12.4. The van der Waals surface area contributed by atoms with E-state index < -0.39 is 12.0 Å². The highest BCUT2D eigenvalue weighted by Gasteiger charge is 2.30. The molecule has 0 radical (unpaired) electrons. The molecule has 2 N–H and O–H groups in total. The molecule has 1 atom stereocenters. The normalized spacial score (nSPS) is 14.8. The minimum absolute atomic E-state index is 0.0803. The average Bonchev–Trinajstić information content (AvgIpc) is 3.34. The maximum Gasteiger partial charge on any atom is 0.326 e. The monoisotopic (exact) mass is 371 g/mol. The lowest BCUT2D eigenvalue weighted by molar-refractivity contribution is -0.142. The van der Waals surface area contributed by atoms with Crippen molar-refractivity contribution in [2.24, 2.45) is 5.92 Å². The third-order valence-electron chi connectivity index (χ3n) is 4.84. The van der Waals surface area contributed by atoms with Gasteiger partial charge in [0.15, 0.2) is 0 Å². The van der Waals surface area contributed by atoms with Crippen molar-refractivity contribution < 1.29 is 14.7 Å². The summed E-state index contributed by atoms with van der Waals surface area (Å²) in [5.41, 5.74) is 3.94. The summed E-state index contributed by atoms with van der Waals surface area (Å²) in [5, 5.41) is 16.5. The highest BCUT2D eigenvalue weighted by atomic mass is 16.4. The molecular weight excluding hydrogens is 346 g/mol. The van der Waals surface area contributed by atoms with E-state index in [1.807, 2.05) is 33.8 Å². The van der Waals surface area contributed by atoms with E-state index in [4.69, 9.17) is 0 Å². The van der Waals surface area contributed by atoms with E-state index in [2.05, 4.69) is 20.4 Å². The molecule has 0 aliphatic heterocycles. The Hall–Kier alpha value is -2.77. The molecule has 0 saturated heterocycles. The summed E-state index contributed by atoms with van der Waals surface area (Å²) in [6, 6.07) is 1.05. The van der Waals surface area contributed by atoms with E-state index in [9.17, 15) is 14.7 Å². The number of carbonyl (C=O) groups excluding carboxylic acids is 1. The van der Waals surface area contributed by atoms with Crippen LogP contribution in [0.1, 0.15) is 47.6 Å². The molecule has 0 spiro atoms. The lowest BCUT2D eigenvalue weighted by atomic mass is 10.1. The molecule has 144 valence electrons. The number of nitrogens with one attached hydrogen (secondary N) is 1. The first-order valence-electron chi connectivity index (χ1n) is 9.14. The first-order chi connectivity index (χ1) is 12.7. The minimum atomic E-state index is -0.983. The third-order valence-corrected chi connectivity index (χ3v) is 4.84. The van der Waals surface area contributed by atoms with Crippen molar-refractivity contribution in [1.82, 2.24) is 25.1 Å². The van der Waals surface area contributed by atoms with Crippen LogP contribution < -0.4 is 5.32 Å². The van der Waals surface area contributed by atoms with Crippen LogP contribution >= 0.6 is 0 Å². The van der Waals surface area contributed by atoms with E-state index in [0.29, 0.717) is 24.0 Å². The fourth-order valence-corrected chi connectivity index (χ4v) is 3.24. The molecule has 2 aromatic heterocycles. The summed E-state index contributed by atoms with van der Waals surface area (Å²) in [6.45, 7) is 7.48. The first-order valence-corrected chi connectivity index (χ1v) is 9.14. The van der Waals surface area contributed by atoms with Crippen LogP contribution in [0.15, 0.2) is 6.07 Å². The Bertz CT molecular complexity index is 865. The Labute approximate surface area is 158 Å². The molecule has 27 heavy (non-hydrogen) atoms. The fraction of sp³-hybridized carbons (Fsp3) is 0.526. The molecule has 8 nitrogen and oxygen atoms in total. The van der Waals surface area contributed by atoms with Crippen molar-refractivity contribution in [1.29, 1.82) is 0 Å². The number of hydrogen-bond donors (Lipinski definition) is 2. The van der Waals surface area contributed by atoms with E-state index >= 15 is 0 Å². The molecule has 2 aromatic rings. The SMILES string of the molecule is Cc1cc(C)nc(-n2nc(C)c(CC(=O)NC(CC3CC3)C(=O)O)c2C)n1. The molecule has 1 unspecified atom stereocenters. The van der Waals surface area contributed by atoms with E-state index in [-0.39, 0.29) is 12.3 Å². The van der Waals surface area contributed by atoms with Gasteiger partial charge in [0.2, 0.25) is 5.91 Å². The Morgan fingerprint density at radius 2 is 1.85 bits per heavy atom. The number of carbonyl (C=O) groups is 2. The molecule has 1 aliphatic rings. The second-order valence-corrected chi connectivity index (χ2v) is 7.33. The standard InChI is InChI=1S/C19H25N5O3/c1-10-7-11(2)21-19(20-10)24-13(4)15(12(3)23-24)9-17(25)22-16(18(26)27)8-14-5-6-14/h7,14,16H,5-6,8-9H2,1-4H3,(H,22,25)(H,26,27). The van der Waals surface area contributed by atoms with Gasteiger partial charge in [0.05, 0.1) is 12.1 Å². The Morgan fingerprint density at radius 1 is 1.22 bits per heavy atom. The summed E-state index contributed by atoms with van der Waals surface area (Å²) >= 11 is 0. The second-order valence-electron chi connectivity index (χ2n) is 7.33. The summed E-state index contributed by atoms with van der Waals surface area (Å²) in [5.74, 6) is -0.408. The van der Waals surface area contributed by atoms with Crippen LogP contribution in [-0.4, -0.2) is 42.8 Å². The lowest BCUT2D eigenvalue weighted by Crippen LogP contribution is -2.41. The number of rotatable bonds is 7. The predicted octanol–water partition coefficient (Wildman–Crippen LogP) is 1.81. The maximum absolute atomic E-state index is 12.4. The molecule has 8 heteroatoms. The summed E-state index contributed by atoms with van der Waals surface area (Å²) in [7, 11) is 0. The van der Waals surface area contributed by atoms with Gasteiger partial charge in [0.1, 0.15) is 6.04 Å². The lowest BCUT2D eigenvalue weighted by Gasteiger charge is -2.14. The molecule has 1 saturated carbocycles. The van der Waals surface area contributed by atoms with Crippen LogP contribution in [0, 0.1) is 33.6 Å². The molecule has 1 aliphatic carbocycles. The van der Waals surface area contributed by atoms with Gasteiger partial charge in [-0.2, -0.15) is 5.10 Å². The molecule has 3 rings (SSSR count). The number of carboxylic acid groups (broad SMARTS) is 1. The van der Waals surface area contributed by atoms with Crippen LogP contribution in [-0.2, 0) is 16.0 Å². The summed E-state index contributed by atoms with van der Waals surface area (Å²) in [6.07, 6.45) is 2.66. The zero-order valence-corrected chi connectivity index (χ0v) is 16.1. The van der Waals surface area contributed by atoms with E-state index in [0.717, 1.165) is 35.5 Å². The molecule has 0 bridgehead atoms. The summed E-state index contributed by atoms with van der Waals surface area (Å²) in [4.78, 5) is 32.7. The van der Waals surface area contributed by atoms with Crippen molar-refractivity contribution in [3.8, 4) is 5.95 Å². The van der Waals surface area contributed by atoms with Gasteiger partial charge in [-0.15, -0.1) is 0 Å². The molecule has 0 aromatic carbocycles. The van der Waals surface area contributed by atoms with Gasteiger partial charge >= 0.3 is 5.97 Å². The van der Waals surface area contributed by atoms with Gasteiger partial charge in [-0.3, -0.25) is 4.79 Å².